The number of hydrogen-bond donors (Lipinski definition) is 3. The summed E-state index contributed by atoms with van der Waals surface area (Å²) < 4.78 is 5.17. The van der Waals surface area contributed by atoms with E-state index in [0.29, 0.717) is 13.0 Å². The van der Waals surface area contributed by atoms with Crippen molar-refractivity contribution in [3.05, 3.63) is 0 Å². The molecule has 1 fully saturated rings. The molecule has 3 N–H and O–H groups in total. The predicted molar refractivity (Wildman–Crippen MR) is 66.4 cm³/mol. The minimum absolute atomic E-state index is 0.108. The SMILES string of the molecule is CC1CC(CC(=O)O)(NC(=O)OC(C)(C)C)CN1. The zero-order valence-corrected chi connectivity index (χ0v) is 11.4. The van der Waals surface area contributed by atoms with Crippen LogP contribution in [0, 0.1) is 0 Å². The van der Waals surface area contributed by atoms with E-state index in [2.05, 4.69) is 10.6 Å². The molecule has 0 spiro atoms. The van der Waals surface area contributed by atoms with Crippen molar-refractivity contribution in [3.63, 3.8) is 0 Å². The summed E-state index contributed by atoms with van der Waals surface area (Å²) in [5.74, 6) is -0.929. The number of carbonyl (C=O) groups excluding carboxylic acids is 1. The standard InChI is InChI=1S/C12H22N2O4/c1-8-5-12(7-13-8,6-9(15)16)14-10(17)18-11(2,3)4/h8,13H,5-7H2,1-4H3,(H,14,17)(H,15,16). The fraction of sp³-hybridized carbons (Fsp3) is 0.833. The highest BCUT2D eigenvalue weighted by Crippen LogP contribution is 2.24. The highest BCUT2D eigenvalue weighted by atomic mass is 16.6. The summed E-state index contributed by atoms with van der Waals surface area (Å²) in [5.41, 5.74) is -1.35. The first-order chi connectivity index (χ1) is 8.12. The Bertz CT molecular complexity index is 337. The van der Waals surface area contributed by atoms with Crippen LogP contribution >= 0.6 is 0 Å². The minimum Gasteiger partial charge on any atom is -0.481 e. The summed E-state index contributed by atoms with van der Waals surface area (Å²) in [7, 11) is 0. The number of amides is 1. The molecule has 0 aliphatic carbocycles. The van der Waals surface area contributed by atoms with Crippen LogP contribution in [0.3, 0.4) is 0 Å². The molecule has 0 aromatic carbocycles. The zero-order valence-electron chi connectivity index (χ0n) is 11.4. The number of alkyl carbamates (subject to hydrolysis) is 1. The molecule has 1 heterocycles. The first-order valence-corrected chi connectivity index (χ1v) is 6.08. The van der Waals surface area contributed by atoms with Crippen LogP contribution < -0.4 is 10.6 Å². The molecule has 0 bridgehead atoms. The van der Waals surface area contributed by atoms with Crippen molar-refractivity contribution < 1.29 is 19.4 Å². The Balaban J connectivity index is 2.68. The Morgan fingerprint density at radius 1 is 1.50 bits per heavy atom. The lowest BCUT2D eigenvalue weighted by molar-refractivity contribution is -0.138. The molecule has 2 unspecified atom stereocenters. The molecule has 1 rings (SSSR count). The van der Waals surface area contributed by atoms with Crippen LogP contribution in [0.2, 0.25) is 0 Å². The van der Waals surface area contributed by atoms with Gasteiger partial charge in [0.05, 0.1) is 12.0 Å². The van der Waals surface area contributed by atoms with E-state index in [1.807, 2.05) is 6.92 Å². The highest BCUT2D eigenvalue weighted by Gasteiger charge is 2.41. The molecule has 0 saturated carbocycles. The summed E-state index contributed by atoms with van der Waals surface area (Å²) >= 11 is 0. The third-order valence-corrected chi connectivity index (χ3v) is 2.74. The van der Waals surface area contributed by atoms with E-state index in [-0.39, 0.29) is 12.5 Å². The molecule has 6 heteroatoms. The van der Waals surface area contributed by atoms with Crippen molar-refractivity contribution in [2.75, 3.05) is 6.54 Å². The molecule has 18 heavy (non-hydrogen) atoms. The second kappa shape index (κ2) is 5.14. The summed E-state index contributed by atoms with van der Waals surface area (Å²) in [6.07, 6.45) is -0.0954. The fourth-order valence-corrected chi connectivity index (χ4v) is 2.18. The average molecular weight is 258 g/mol. The van der Waals surface area contributed by atoms with Gasteiger partial charge in [-0.2, -0.15) is 0 Å². The maximum absolute atomic E-state index is 11.8. The molecular formula is C12H22N2O4. The van der Waals surface area contributed by atoms with E-state index in [4.69, 9.17) is 9.84 Å². The first kappa shape index (κ1) is 14.8. The normalized spacial score (nSPS) is 27.9. The van der Waals surface area contributed by atoms with Crippen LogP contribution in [-0.2, 0) is 9.53 Å². The Labute approximate surface area is 107 Å². The summed E-state index contributed by atoms with van der Waals surface area (Å²) in [5, 5.41) is 14.8. The van der Waals surface area contributed by atoms with Crippen LogP contribution in [-0.4, -0.2) is 40.9 Å². The van der Waals surface area contributed by atoms with Crippen molar-refractivity contribution in [1.82, 2.24) is 10.6 Å². The number of rotatable bonds is 3. The van der Waals surface area contributed by atoms with E-state index < -0.39 is 23.2 Å². The molecule has 0 aromatic rings. The van der Waals surface area contributed by atoms with Crippen LogP contribution in [0.5, 0.6) is 0 Å². The molecule has 0 aromatic heterocycles. The maximum Gasteiger partial charge on any atom is 0.408 e. The topological polar surface area (TPSA) is 87.7 Å². The number of nitrogens with one attached hydrogen (secondary N) is 2. The Hall–Kier alpha value is -1.30. The van der Waals surface area contributed by atoms with Crippen LogP contribution in [0.15, 0.2) is 0 Å². The van der Waals surface area contributed by atoms with Gasteiger partial charge in [-0.3, -0.25) is 4.79 Å². The molecule has 2 atom stereocenters. The molecule has 1 amide bonds. The lowest BCUT2D eigenvalue weighted by Crippen LogP contribution is -2.52. The molecule has 0 radical (unpaired) electrons. The number of hydrogen-bond acceptors (Lipinski definition) is 4. The quantitative estimate of drug-likeness (QED) is 0.705. The van der Waals surface area contributed by atoms with E-state index in [1.54, 1.807) is 20.8 Å². The van der Waals surface area contributed by atoms with Crippen molar-refractivity contribution in [2.45, 2.75) is 57.7 Å². The van der Waals surface area contributed by atoms with Gasteiger partial charge < -0.3 is 20.5 Å². The number of carboxylic acids is 1. The molecule has 6 nitrogen and oxygen atoms in total. The van der Waals surface area contributed by atoms with Gasteiger partial charge in [0, 0.05) is 12.6 Å². The van der Waals surface area contributed by atoms with Crippen LogP contribution in [0.4, 0.5) is 4.79 Å². The summed E-state index contributed by atoms with van der Waals surface area (Å²) in [6, 6.07) is 0.180. The molecule has 1 aliphatic heterocycles. The summed E-state index contributed by atoms with van der Waals surface area (Å²) in [6.45, 7) is 7.71. The van der Waals surface area contributed by atoms with Crippen LogP contribution in [0.25, 0.3) is 0 Å². The highest BCUT2D eigenvalue weighted by molar-refractivity contribution is 5.73. The minimum atomic E-state index is -0.929. The van der Waals surface area contributed by atoms with Gasteiger partial charge in [0.2, 0.25) is 0 Å². The average Bonchev–Trinajstić information content (AvgIpc) is 2.41. The number of ether oxygens (including phenoxy) is 1. The predicted octanol–water partition coefficient (Wildman–Crippen LogP) is 1.11. The monoisotopic (exact) mass is 258 g/mol. The van der Waals surface area contributed by atoms with Crippen molar-refractivity contribution in [1.29, 1.82) is 0 Å². The van der Waals surface area contributed by atoms with Crippen molar-refractivity contribution in [3.8, 4) is 0 Å². The third-order valence-electron chi connectivity index (χ3n) is 2.74. The van der Waals surface area contributed by atoms with Gasteiger partial charge in [0.25, 0.3) is 0 Å². The lowest BCUT2D eigenvalue weighted by atomic mass is 9.92. The smallest absolute Gasteiger partial charge is 0.408 e. The molecule has 104 valence electrons. The Morgan fingerprint density at radius 2 is 2.11 bits per heavy atom. The molecule has 1 saturated heterocycles. The van der Waals surface area contributed by atoms with Crippen molar-refractivity contribution in [2.24, 2.45) is 0 Å². The Morgan fingerprint density at radius 3 is 2.50 bits per heavy atom. The number of carbonyl (C=O) groups is 2. The summed E-state index contributed by atoms with van der Waals surface area (Å²) in [4.78, 5) is 22.7. The van der Waals surface area contributed by atoms with Gasteiger partial charge in [-0.15, -0.1) is 0 Å². The van der Waals surface area contributed by atoms with Gasteiger partial charge in [0.1, 0.15) is 5.60 Å². The number of carboxylic acid groups (broad SMARTS) is 1. The zero-order chi connectivity index (χ0) is 14.0. The molecular weight excluding hydrogens is 236 g/mol. The second-order valence-electron chi connectivity index (χ2n) is 5.96. The van der Waals surface area contributed by atoms with Crippen LogP contribution in [0.1, 0.15) is 40.5 Å². The molecule has 1 aliphatic rings. The van der Waals surface area contributed by atoms with E-state index in [9.17, 15) is 9.59 Å². The van der Waals surface area contributed by atoms with Crippen molar-refractivity contribution >= 4 is 12.1 Å². The lowest BCUT2D eigenvalue weighted by Gasteiger charge is -2.30. The van der Waals surface area contributed by atoms with Gasteiger partial charge in [-0.05, 0) is 34.1 Å². The largest absolute Gasteiger partial charge is 0.481 e. The maximum atomic E-state index is 11.8. The van der Waals surface area contributed by atoms with E-state index in [0.717, 1.165) is 0 Å². The Kier molecular flexibility index (Phi) is 4.21. The third kappa shape index (κ3) is 4.52. The van der Waals surface area contributed by atoms with Gasteiger partial charge in [0.15, 0.2) is 0 Å². The van der Waals surface area contributed by atoms with Gasteiger partial charge >= 0.3 is 12.1 Å². The van der Waals surface area contributed by atoms with Gasteiger partial charge in [-0.25, -0.2) is 4.79 Å². The van der Waals surface area contributed by atoms with Gasteiger partial charge in [-0.1, -0.05) is 0 Å². The van der Waals surface area contributed by atoms with E-state index >= 15 is 0 Å². The van der Waals surface area contributed by atoms with E-state index in [1.165, 1.54) is 0 Å². The first-order valence-electron chi connectivity index (χ1n) is 6.08. The number of aliphatic carboxylic acids is 1. The second-order valence-corrected chi connectivity index (χ2v) is 5.96. The fourth-order valence-electron chi connectivity index (χ4n) is 2.18.